The predicted octanol–water partition coefficient (Wildman–Crippen LogP) is 1.47. The molecule has 0 atom stereocenters. The van der Waals surface area contributed by atoms with Crippen LogP contribution in [-0.2, 0) is 20.8 Å². The van der Waals surface area contributed by atoms with Gasteiger partial charge < -0.3 is 5.11 Å². The summed E-state index contributed by atoms with van der Waals surface area (Å²) in [6.07, 6.45) is 0.146. The van der Waals surface area contributed by atoms with Crippen molar-refractivity contribution in [3.05, 3.63) is 48.0 Å². The van der Waals surface area contributed by atoms with Gasteiger partial charge in [0.15, 0.2) is 6.61 Å². The summed E-state index contributed by atoms with van der Waals surface area (Å²) in [5, 5.41) is 8.38. The monoisotopic (exact) mass is 259 g/mol. The molecular weight excluding hydrogens is 246 g/mol. The number of carboxylic acids is 1. The van der Waals surface area contributed by atoms with Crippen molar-refractivity contribution in [3.8, 4) is 11.1 Å². The zero-order valence-corrected chi connectivity index (χ0v) is 10.1. The van der Waals surface area contributed by atoms with Gasteiger partial charge in [0, 0.05) is 0 Å². The molecule has 2 rings (SSSR count). The number of carbonyl (C=O) groups excluding carboxylic acids is 1. The zero-order valence-electron chi connectivity index (χ0n) is 10.1. The second-order valence-corrected chi connectivity index (χ2v) is 4.02. The summed E-state index contributed by atoms with van der Waals surface area (Å²) < 4.78 is 0. The minimum Gasteiger partial charge on any atom is -0.479 e. The topological polar surface area (TPSA) is 75.6 Å². The first-order chi connectivity index (χ1) is 9.16. The molecule has 5 heteroatoms. The summed E-state index contributed by atoms with van der Waals surface area (Å²) in [6.45, 7) is -0.553. The van der Waals surface area contributed by atoms with Gasteiger partial charge in [-0.2, -0.15) is 0 Å². The number of amides is 1. The Morgan fingerprint density at radius 1 is 1.11 bits per heavy atom. The quantitative estimate of drug-likeness (QED) is 0.797. The van der Waals surface area contributed by atoms with E-state index in [1.54, 1.807) is 0 Å². The smallest absolute Gasteiger partial charge is 0.332 e. The van der Waals surface area contributed by atoms with E-state index in [4.69, 9.17) is 5.11 Å². The Balaban J connectivity index is 1.99. The van der Waals surface area contributed by atoms with Crippen LogP contribution >= 0.6 is 0 Å². The number of hydrogen-bond donors (Lipinski definition) is 2. The van der Waals surface area contributed by atoms with Crippen molar-refractivity contribution in [2.75, 3.05) is 6.61 Å². The van der Waals surface area contributed by atoms with Crippen molar-refractivity contribution < 1.29 is 19.5 Å². The van der Waals surface area contributed by atoms with Crippen LogP contribution in [0.25, 0.3) is 11.1 Å². The first-order valence-corrected chi connectivity index (χ1v) is 5.76. The van der Waals surface area contributed by atoms with Crippen molar-refractivity contribution in [1.29, 1.82) is 0 Å². The van der Waals surface area contributed by atoms with E-state index in [0.717, 1.165) is 16.7 Å². The molecule has 0 aromatic carbocycles. The summed E-state index contributed by atoms with van der Waals surface area (Å²) >= 11 is 0. The van der Waals surface area contributed by atoms with Crippen molar-refractivity contribution in [2.24, 2.45) is 0 Å². The minimum atomic E-state index is -1.13. The Labute approximate surface area is 110 Å². The first-order valence-electron chi connectivity index (χ1n) is 5.76. The van der Waals surface area contributed by atoms with E-state index in [2.05, 4.69) is 10.3 Å². The number of aliphatic carboxylic acids is 1. The second kappa shape index (κ2) is 5.97. The summed E-state index contributed by atoms with van der Waals surface area (Å²) in [4.78, 5) is 26.4. The Morgan fingerprint density at radius 2 is 1.89 bits per heavy atom. The molecule has 0 fully saturated rings. The van der Waals surface area contributed by atoms with Crippen LogP contribution in [0.3, 0.4) is 0 Å². The Kier molecular flexibility index (Phi) is 4.10. The maximum Gasteiger partial charge on any atom is 0.332 e. The number of hydrogen-bond acceptors (Lipinski definition) is 3. The first kappa shape index (κ1) is 13.0. The van der Waals surface area contributed by atoms with Crippen LogP contribution in [-0.4, -0.2) is 23.6 Å². The summed E-state index contributed by atoms with van der Waals surface area (Å²) in [5.41, 5.74) is 5.04. The van der Waals surface area contributed by atoms with Gasteiger partial charge in [0.25, 0.3) is 0 Å². The molecule has 0 saturated carbocycles. The van der Waals surface area contributed by atoms with Crippen LogP contribution in [0.1, 0.15) is 5.56 Å². The van der Waals surface area contributed by atoms with Gasteiger partial charge in [-0.15, -0.1) is 0 Å². The molecule has 5 nitrogen and oxygen atoms in total. The maximum absolute atomic E-state index is 11.6. The average Bonchev–Trinajstić information content (AvgIpc) is 2.60. The molecule has 0 unspecified atom stereocenters. The number of nitrogens with one attached hydrogen (secondary N) is 1. The average molecular weight is 259 g/mol. The van der Waals surface area contributed by atoms with Gasteiger partial charge in [-0.1, -0.05) is 42.5 Å². The van der Waals surface area contributed by atoms with E-state index in [0.29, 0.717) is 0 Å². The molecule has 0 radical (unpaired) electrons. The van der Waals surface area contributed by atoms with Crippen molar-refractivity contribution in [1.82, 2.24) is 5.48 Å². The number of carbonyl (C=O) groups is 2. The standard InChI is InChI=1S/C14H13NO4/c16-13(15-19-9-14(17)18)8-11-7-6-10-4-2-1-3-5-12(10)11/h1-7H,8-9H2,(H,15,16)(H,17,18). The van der Waals surface area contributed by atoms with E-state index in [1.807, 2.05) is 42.5 Å². The maximum atomic E-state index is 11.6. The fraction of sp³-hybridized carbons (Fsp3) is 0.143. The molecule has 2 N–H and O–H groups in total. The highest BCUT2D eigenvalue weighted by molar-refractivity contribution is 5.82. The minimum absolute atomic E-state index is 0.146. The van der Waals surface area contributed by atoms with Gasteiger partial charge in [0.1, 0.15) is 0 Å². The molecule has 0 spiro atoms. The molecule has 98 valence electrons. The van der Waals surface area contributed by atoms with Gasteiger partial charge in [-0.3, -0.25) is 9.63 Å². The van der Waals surface area contributed by atoms with Crippen LogP contribution in [0.4, 0.5) is 0 Å². The zero-order chi connectivity index (χ0) is 13.7. The third-order valence-electron chi connectivity index (χ3n) is 2.61. The lowest BCUT2D eigenvalue weighted by Gasteiger charge is -2.04. The normalized spacial score (nSPS) is 10.3. The van der Waals surface area contributed by atoms with Crippen molar-refractivity contribution in [3.63, 3.8) is 0 Å². The number of rotatable bonds is 5. The van der Waals surface area contributed by atoms with Crippen LogP contribution < -0.4 is 5.48 Å². The summed E-state index contributed by atoms with van der Waals surface area (Å²) in [7, 11) is 0. The molecule has 2 aliphatic rings. The fourth-order valence-electron chi connectivity index (χ4n) is 1.82. The van der Waals surface area contributed by atoms with E-state index in [-0.39, 0.29) is 12.3 Å². The van der Waals surface area contributed by atoms with E-state index >= 15 is 0 Å². The van der Waals surface area contributed by atoms with E-state index < -0.39 is 12.6 Å². The molecule has 0 saturated heterocycles. The second-order valence-electron chi connectivity index (χ2n) is 4.02. The third-order valence-corrected chi connectivity index (χ3v) is 2.61. The fourth-order valence-corrected chi connectivity index (χ4v) is 1.82. The largest absolute Gasteiger partial charge is 0.479 e. The highest BCUT2D eigenvalue weighted by Gasteiger charge is 2.11. The molecule has 19 heavy (non-hydrogen) atoms. The number of fused-ring (bicyclic) bond motifs is 1. The molecule has 0 aromatic rings. The SMILES string of the molecule is O=C(O)CONC(=O)Cc1ccc2cccccc1-2. The van der Waals surface area contributed by atoms with Crippen LogP contribution in [0.15, 0.2) is 42.5 Å². The summed E-state index contributed by atoms with van der Waals surface area (Å²) in [6, 6.07) is 13.5. The van der Waals surface area contributed by atoms with Crippen LogP contribution in [0.5, 0.6) is 0 Å². The number of hydroxylamine groups is 1. The van der Waals surface area contributed by atoms with E-state index in [1.165, 1.54) is 0 Å². The number of carboxylic acid groups (broad SMARTS) is 1. The molecule has 0 aliphatic heterocycles. The molecule has 2 aliphatic carbocycles. The van der Waals surface area contributed by atoms with Gasteiger partial charge in [-0.25, -0.2) is 10.3 Å². The molecule has 0 heterocycles. The van der Waals surface area contributed by atoms with Gasteiger partial charge >= 0.3 is 5.97 Å². The van der Waals surface area contributed by atoms with Gasteiger partial charge in [-0.05, 0) is 16.7 Å². The predicted molar refractivity (Wildman–Crippen MR) is 68.5 cm³/mol. The Hall–Kier alpha value is -2.40. The Morgan fingerprint density at radius 3 is 2.68 bits per heavy atom. The van der Waals surface area contributed by atoms with Crippen LogP contribution in [0.2, 0.25) is 0 Å². The van der Waals surface area contributed by atoms with E-state index in [9.17, 15) is 9.59 Å². The summed E-state index contributed by atoms with van der Waals surface area (Å²) in [5.74, 6) is -1.51. The van der Waals surface area contributed by atoms with Crippen molar-refractivity contribution in [2.45, 2.75) is 6.42 Å². The van der Waals surface area contributed by atoms with Crippen LogP contribution in [0, 0.1) is 0 Å². The lowest BCUT2D eigenvalue weighted by Crippen LogP contribution is -2.27. The molecule has 0 aromatic heterocycles. The molecule has 1 amide bonds. The highest BCUT2D eigenvalue weighted by atomic mass is 16.7. The lowest BCUT2D eigenvalue weighted by atomic mass is 10.1. The van der Waals surface area contributed by atoms with Gasteiger partial charge in [0.05, 0.1) is 6.42 Å². The molecular formula is C14H13NO4. The van der Waals surface area contributed by atoms with Crippen molar-refractivity contribution >= 4 is 11.9 Å². The van der Waals surface area contributed by atoms with Gasteiger partial charge in [0.2, 0.25) is 5.91 Å². The lowest BCUT2D eigenvalue weighted by molar-refractivity contribution is -0.149. The Bertz CT molecular complexity index is 567. The molecule has 0 bridgehead atoms. The third kappa shape index (κ3) is 3.53. The highest BCUT2D eigenvalue weighted by Crippen LogP contribution is 2.26.